The van der Waals surface area contributed by atoms with E-state index in [0.29, 0.717) is 18.7 Å². The molecule has 1 aromatic heterocycles. The van der Waals surface area contributed by atoms with Gasteiger partial charge in [-0.2, -0.15) is 0 Å². The van der Waals surface area contributed by atoms with E-state index in [2.05, 4.69) is 4.98 Å². The molecule has 0 radical (unpaired) electrons. The third-order valence-electron chi connectivity index (χ3n) is 4.46. The maximum atomic E-state index is 12.8. The SMILES string of the molecule is Cc1ccccc1[C@H]1CN(C(=O)c2ccc(C(=O)O)nc2)[C@H](C)CO1. The number of carboxylic acid groups (broad SMARTS) is 1. The standard InChI is InChI=1S/C19H20N2O4/c1-12-5-3-4-6-15(12)17-10-21(13(2)11-25-17)18(22)14-7-8-16(19(23)24)20-9-14/h3-9,13,17H,10-11H2,1-2H3,(H,23,24)/t13-,17-/m1/s1. The molecule has 130 valence electrons. The number of rotatable bonds is 3. The number of hydrogen-bond acceptors (Lipinski definition) is 4. The molecule has 2 atom stereocenters. The number of aryl methyl sites for hydroxylation is 1. The molecule has 0 bridgehead atoms. The first-order chi connectivity index (χ1) is 12.0. The highest BCUT2D eigenvalue weighted by atomic mass is 16.5. The summed E-state index contributed by atoms with van der Waals surface area (Å²) in [4.78, 5) is 29.3. The van der Waals surface area contributed by atoms with Gasteiger partial charge in [-0.15, -0.1) is 0 Å². The minimum absolute atomic E-state index is 0.0630. The van der Waals surface area contributed by atoms with Crippen molar-refractivity contribution in [2.45, 2.75) is 26.0 Å². The Kier molecular flexibility index (Phi) is 4.81. The van der Waals surface area contributed by atoms with Gasteiger partial charge in [-0.25, -0.2) is 9.78 Å². The minimum atomic E-state index is -1.11. The van der Waals surface area contributed by atoms with Gasteiger partial charge in [0.15, 0.2) is 0 Å². The van der Waals surface area contributed by atoms with Gasteiger partial charge in [0.1, 0.15) is 11.8 Å². The molecule has 0 aliphatic carbocycles. The fourth-order valence-electron chi connectivity index (χ4n) is 2.99. The first-order valence-corrected chi connectivity index (χ1v) is 8.15. The second-order valence-electron chi connectivity index (χ2n) is 6.22. The van der Waals surface area contributed by atoms with Crippen LogP contribution >= 0.6 is 0 Å². The van der Waals surface area contributed by atoms with Crippen LogP contribution in [-0.4, -0.2) is 46.1 Å². The smallest absolute Gasteiger partial charge is 0.354 e. The van der Waals surface area contributed by atoms with Crippen molar-refractivity contribution in [1.82, 2.24) is 9.88 Å². The van der Waals surface area contributed by atoms with Gasteiger partial charge in [-0.05, 0) is 37.1 Å². The summed E-state index contributed by atoms with van der Waals surface area (Å²) in [5.41, 5.74) is 2.50. The average Bonchev–Trinajstić information content (AvgIpc) is 2.62. The fraction of sp³-hybridized carbons (Fsp3) is 0.316. The lowest BCUT2D eigenvalue weighted by Gasteiger charge is -2.38. The highest BCUT2D eigenvalue weighted by Gasteiger charge is 2.31. The molecule has 1 fully saturated rings. The number of carbonyl (C=O) groups excluding carboxylic acids is 1. The van der Waals surface area contributed by atoms with Crippen LogP contribution in [0.5, 0.6) is 0 Å². The second kappa shape index (κ2) is 7.03. The number of ether oxygens (including phenoxy) is 1. The van der Waals surface area contributed by atoms with Crippen molar-refractivity contribution >= 4 is 11.9 Å². The van der Waals surface area contributed by atoms with Gasteiger partial charge in [0.2, 0.25) is 0 Å². The Morgan fingerprint density at radius 3 is 2.64 bits per heavy atom. The van der Waals surface area contributed by atoms with Gasteiger partial charge < -0.3 is 14.7 Å². The third kappa shape index (κ3) is 3.53. The van der Waals surface area contributed by atoms with Crippen molar-refractivity contribution in [2.75, 3.05) is 13.2 Å². The molecular formula is C19H20N2O4. The molecule has 6 heteroatoms. The van der Waals surface area contributed by atoms with E-state index >= 15 is 0 Å². The Morgan fingerprint density at radius 1 is 1.24 bits per heavy atom. The zero-order valence-corrected chi connectivity index (χ0v) is 14.2. The molecule has 6 nitrogen and oxygen atoms in total. The van der Waals surface area contributed by atoms with Crippen molar-refractivity contribution in [2.24, 2.45) is 0 Å². The number of hydrogen-bond donors (Lipinski definition) is 1. The number of nitrogens with zero attached hydrogens (tertiary/aromatic N) is 2. The predicted octanol–water partition coefficient (Wildman–Crippen LogP) is 2.69. The molecule has 1 saturated heterocycles. The van der Waals surface area contributed by atoms with Crippen LogP contribution in [0.3, 0.4) is 0 Å². The van der Waals surface area contributed by atoms with Crippen LogP contribution in [-0.2, 0) is 4.74 Å². The van der Waals surface area contributed by atoms with Crippen LogP contribution in [0.15, 0.2) is 42.6 Å². The molecule has 0 spiro atoms. The lowest BCUT2D eigenvalue weighted by atomic mass is 10.0. The lowest BCUT2D eigenvalue weighted by molar-refractivity contribution is -0.0489. The quantitative estimate of drug-likeness (QED) is 0.929. The largest absolute Gasteiger partial charge is 0.477 e. The Hall–Kier alpha value is -2.73. The van der Waals surface area contributed by atoms with Crippen LogP contribution in [0, 0.1) is 6.92 Å². The summed E-state index contributed by atoms with van der Waals surface area (Å²) in [7, 11) is 0. The first kappa shape index (κ1) is 17.1. The second-order valence-corrected chi connectivity index (χ2v) is 6.22. The highest BCUT2D eigenvalue weighted by Crippen LogP contribution is 2.28. The van der Waals surface area contributed by atoms with Crippen molar-refractivity contribution in [3.05, 3.63) is 65.0 Å². The number of carbonyl (C=O) groups is 2. The van der Waals surface area contributed by atoms with Crippen LogP contribution in [0.1, 0.15) is 45.0 Å². The third-order valence-corrected chi connectivity index (χ3v) is 4.46. The number of pyridine rings is 1. The lowest BCUT2D eigenvalue weighted by Crippen LogP contribution is -2.48. The molecule has 2 aromatic rings. The maximum Gasteiger partial charge on any atom is 0.354 e. The monoisotopic (exact) mass is 340 g/mol. The van der Waals surface area contributed by atoms with Crippen molar-refractivity contribution < 1.29 is 19.4 Å². The summed E-state index contributed by atoms with van der Waals surface area (Å²) < 4.78 is 5.94. The summed E-state index contributed by atoms with van der Waals surface area (Å²) in [5, 5.41) is 8.92. The Labute approximate surface area is 146 Å². The number of carboxylic acids is 1. The zero-order valence-electron chi connectivity index (χ0n) is 14.2. The summed E-state index contributed by atoms with van der Waals surface area (Å²) in [6.07, 6.45) is 1.14. The summed E-state index contributed by atoms with van der Waals surface area (Å²) in [6.45, 7) is 4.86. The van der Waals surface area contributed by atoms with Crippen molar-refractivity contribution in [3.8, 4) is 0 Å². The van der Waals surface area contributed by atoms with Crippen LogP contribution in [0.4, 0.5) is 0 Å². The van der Waals surface area contributed by atoms with E-state index in [1.54, 1.807) is 4.90 Å². The molecule has 1 aromatic carbocycles. The number of amides is 1. The van der Waals surface area contributed by atoms with E-state index < -0.39 is 5.97 Å². The minimum Gasteiger partial charge on any atom is -0.477 e. The highest BCUT2D eigenvalue weighted by molar-refractivity contribution is 5.95. The van der Waals surface area contributed by atoms with E-state index in [0.717, 1.165) is 11.1 Å². The average molecular weight is 340 g/mol. The molecule has 3 rings (SSSR count). The zero-order chi connectivity index (χ0) is 18.0. The van der Waals surface area contributed by atoms with E-state index in [4.69, 9.17) is 9.84 Å². The van der Waals surface area contributed by atoms with Gasteiger partial charge in [-0.3, -0.25) is 4.79 Å². The summed E-state index contributed by atoms with van der Waals surface area (Å²) in [5.74, 6) is -1.28. The summed E-state index contributed by atoms with van der Waals surface area (Å²) in [6, 6.07) is 10.8. The molecule has 1 N–H and O–H groups in total. The van der Waals surface area contributed by atoms with Gasteiger partial charge in [-0.1, -0.05) is 24.3 Å². The Morgan fingerprint density at radius 2 is 2.00 bits per heavy atom. The normalized spacial score (nSPS) is 20.3. The van der Waals surface area contributed by atoms with Crippen LogP contribution in [0.25, 0.3) is 0 Å². The van der Waals surface area contributed by atoms with E-state index in [-0.39, 0.29) is 23.7 Å². The Balaban J connectivity index is 1.81. The predicted molar refractivity (Wildman–Crippen MR) is 91.6 cm³/mol. The molecule has 1 aliphatic rings. The van der Waals surface area contributed by atoms with Crippen LogP contribution in [0.2, 0.25) is 0 Å². The van der Waals surface area contributed by atoms with Gasteiger partial charge in [0, 0.05) is 6.20 Å². The van der Waals surface area contributed by atoms with Gasteiger partial charge >= 0.3 is 5.97 Å². The molecule has 0 saturated carbocycles. The first-order valence-electron chi connectivity index (χ1n) is 8.15. The number of aromatic nitrogens is 1. The molecule has 2 heterocycles. The fourth-order valence-corrected chi connectivity index (χ4v) is 2.99. The molecule has 25 heavy (non-hydrogen) atoms. The number of benzene rings is 1. The van der Waals surface area contributed by atoms with E-state index in [1.807, 2.05) is 38.1 Å². The topological polar surface area (TPSA) is 79.7 Å². The molecule has 1 amide bonds. The van der Waals surface area contributed by atoms with E-state index in [1.165, 1.54) is 18.3 Å². The summed E-state index contributed by atoms with van der Waals surface area (Å²) >= 11 is 0. The maximum absolute atomic E-state index is 12.8. The van der Waals surface area contributed by atoms with Crippen molar-refractivity contribution in [1.29, 1.82) is 0 Å². The van der Waals surface area contributed by atoms with Gasteiger partial charge in [0.25, 0.3) is 5.91 Å². The van der Waals surface area contributed by atoms with Crippen LogP contribution < -0.4 is 0 Å². The number of aromatic carboxylic acids is 1. The molecular weight excluding hydrogens is 320 g/mol. The number of morpholine rings is 1. The Bertz CT molecular complexity index is 788. The molecule has 0 unspecified atom stereocenters. The molecule has 1 aliphatic heterocycles. The van der Waals surface area contributed by atoms with Crippen molar-refractivity contribution in [3.63, 3.8) is 0 Å². The van der Waals surface area contributed by atoms with Gasteiger partial charge in [0.05, 0.1) is 24.8 Å². The van der Waals surface area contributed by atoms with E-state index in [9.17, 15) is 9.59 Å².